The number of hydrogen-bond acceptors (Lipinski definition) is 2. The van der Waals surface area contributed by atoms with Gasteiger partial charge in [-0.05, 0) is 30.2 Å². The third-order valence-corrected chi connectivity index (χ3v) is 3.23. The van der Waals surface area contributed by atoms with Gasteiger partial charge in [-0.15, -0.1) is 0 Å². The van der Waals surface area contributed by atoms with Crippen molar-refractivity contribution in [3.63, 3.8) is 0 Å². The second-order valence-corrected chi connectivity index (χ2v) is 4.48. The Kier molecular flexibility index (Phi) is 3.68. The first-order valence-electron chi connectivity index (χ1n) is 5.81. The largest absolute Gasteiger partial charge is 0.398 e. The van der Waals surface area contributed by atoms with E-state index in [1.807, 2.05) is 31.2 Å². The fraction of sp³-hybridized carbons (Fsp3) is 0.133. The van der Waals surface area contributed by atoms with Crippen molar-refractivity contribution >= 4 is 23.1 Å². The molecule has 2 N–H and O–H groups in total. The van der Waals surface area contributed by atoms with Crippen LogP contribution in [0, 0.1) is 0 Å². The number of hydrogen-bond donors (Lipinski definition) is 1. The lowest BCUT2D eigenvalue weighted by Crippen LogP contribution is -2.05. The van der Waals surface area contributed by atoms with Crippen molar-refractivity contribution in [2.75, 3.05) is 5.73 Å². The van der Waals surface area contributed by atoms with Gasteiger partial charge < -0.3 is 5.73 Å². The molecule has 2 rings (SSSR count). The molecule has 0 atom stereocenters. The van der Waals surface area contributed by atoms with E-state index in [-0.39, 0.29) is 5.78 Å². The predicted molar refractivity (Wildman–Crippen MR) is 75.1 cm³/mol. The fourth-order valence-corrected chi connectivity index (χ4v) is 2.05. The number of halogens is 1. The van der Waals surface area contributed by atoms with E-state index in [9.17, 15) is 4.79 Å². The van der Waals surface area contributed by atoms with Crippen molar-refractivity contribution in [3.8, 4) is 0 Å². The Bertz CT molecular complexity index is 593. The second-order valence-electron chi connectivity index (χ2n) is 4.08. The molecule has 0 saturated carbocycles. The molecule has 0 bridgehead atoms. The van der Waals surface area contributed by atoms with Crippen molar-refractivity contribution in [1.29, 1.82) is 0 Å². The van der Waals surface area contributed by atoms with Gasteiger partial charge in [0.2, 0.25) is 0 Å². The van der Waals surface area contributed by atoms with E-state index in [2.05, 4.69) is 0 Å². The summed E-state index contributed by atoms with van der Waals surface area (Å²) in [4.78, 5) is 12.4. The summed E-state index contributed by atoms with van der Waals surface area (Å²) in [6, 6.07) is 12.6. The molecule has 0 saturated heterocycles. The van der Waals surface area contributed by atoms with Gasteiger partial charge in [0.1, 0.15) is 0 Å². The Morgan fingerprint density at radius 1 is 1.22 bits per heavy atom. The van der Waals surface area contributed by atoms with E-state index >= 15 is 0 Å². The van der Waals surface area contributed by atoms with E-state index in [1.165, 1.54) is 0 Å². The number of aryl methyl sites for hydroxylation is 1. The molecule has 92 valence electrons. The van der Waals surface area contributed by atoms with Crippen LogP contribution in [0.3, 0.4) is 0 Å². The average Bonchev–Trinajstić information content (AvgIpc) is 2.41. The minimum atomic E-state index is -0.0191. The highest BCUT2D eigenvalue weighted by Gasteiger charge is 2.13. The molecule has 2 aromatic rings. The van der Waals surface area contributed by atoms with Crippen molar-refractivity contribution in [2.45, 2.75) is 13.3 Å². The number of nitrogens with two attached hydrogens (primary N) is 1. The first kappa shape index (κ1) is 12.7. The normalized spacial score (nSPS) is 10.3. The van der Waals surface area contributed by atoms with E-state index in [1.54, 1.807) is 18.2 Å². The summed E-state index contributed by atoms with van der Waals surface area (Å²) >= 11 is 5.94. The molecule has 3 heteroatoms. The van der Waals surface area contributed by atoms with Crippen molar-refractivity contribution in [1.82, 2.24) is 0 Å². The number of carbonyl (C=O) groups is 1. The Labute approximate surface area is 111 Å². The third-order valence-electron chi connectivity index (χ3n) is 2.91. The summed E-state index contributed by atoms with van der Waals surface area (Å²) in [5, 5.41) is 0.412. The molecule has 0 spiro atoms. The van der Waals surface area contributed by atoms with Gasteiger partial charge in [0.25, 0.3) is 0 Å². The van der Waals surface area contributed by atoms with Gasteiger partial charge in [-0.25, -0.2) is 0 Å². The predicted octanol–water partition coefficient (Wildman–Crippen LogP) is 3.72. The lowest BCUT2D eigenvalue weighted by molar-refractivity contribution is 0.103. The van der Waals surface area contributed by atoms with E-state index in [0.717, 1.165) is 17.5 Å². The zero-order valence-corrected chi connectivity index (χ0v) is 10.9. The molecule has 0 fully saturated rings. The molecule has 2 aromatic carbocycles. The van der Waals surface area contributed by atoms with Gasteiger partial charge in [-0.2, -0.15) is 0 Å². The minimum Gasteiger partial charge on any atom is -0.398 e. The molecule has 0 unspecified atom stereocenters. The molecule has 0 aliphatic heterocycles. The standard InChI is InChI=1S/C15H14ClNO/c1-2-10-5-3-4-6-12(10)15(18)11-7-8-14(17)13(16)9-11/h3-9H,2,17H2,1H3. The number of anilines is 1. The molecule has 0 aliphatic carbocycles. The van der Waals surface area contributed by atoms with Crippen molar-refractivity contribution in [3.05, 3.63) is 64.2 Å². The Morgan fingerprint density at radius 2 is 1.94 bits per heavy atom. The molecule has 0 aromatic heterocycles. The van der Waals surface area contributed by atoms with Crippen LogP contribution < -0.4 is 5.73 Å². The molecule has 2 nitrogen and oxygen atoms in total. The monoisotopic (exact) mass is 259 g/mol. The maximum atomic E-state index is 12.4. The lowest BCUT2D eigenvalue weighted by Gasteiger charge is -2.07. The highest BCUT2D eigenvalue weighted by Crippen LogP contribution is 2.22. The number of carbonyl (C=O) groups excluding carboxylic acids is 1. The fourth-order valence-electron chi connectivity index (χ4n) is 1.87. The maximum Gasteiger partial charge on any atom is 0.193 e. The lowest BCUT2D eigenvalue weighted by atomic mass is 9.97. The van der Waals surface area contributed by atoms with Crippen LogP contribution in [-0.4, -0.2) is 5.78 Å². The van der Waals surface area contributed by atoms with Crippen LogP contribution in [0.1, 0.15) is 28.4 Å². The van der Waals surface area contributed by atoms with E-state index in [4.69, 9.17) is 17.3 Å². The summed E-state index contributed by atoms with van der Waals surface area (Å²) in [7, 11) is 0. The van der Waals surface area contributed by atoms with Crippen LogP contribution >= 0.6 is 11.6 Å². The topological polar surface area (TPSA) is 43.1 Å². The Balaban J connectivity index is 2.44. The first-order chi connectivity index (χ1) is 8.63. The molecule has 0 heterocycles. The van der Waals surface area contributed by atoms with Crippen molar-refractivity contribution < 1.29 is 4.79 Å². The van der Waals surface area contributed by atoms with E-state index < -0.39 is 0 Å². The number of ketones is 1. The van der Waals surface area contributed by atoms with Gasteiger partial charge in [0.15, 0.2) is 5.78 Å². The summed E-state index contributed by atoms with van der Waals surface area (Å²) in [5.74, 6) is -0.0191. The SMILES string of the molecule is CCc1ccccc1C(=O)c1ccc(N)c(Cl)c1. The zero-order valence-electron chi connectivity index (χ0n) is 10.1. The number of rotatable bonds is 3. The number of nitrogen functional groups attached to an aromatic ring is 1. The minimum absolute atomic E-state index is 0.0191. The van der Waals surface area contributed by atoms with Gasteiger partial charge in [-0.1, -0.05) is 42.8 Å². The van der Waals surface area contributed by atoms with Gasteiger partial charge in [0, 0.05) is 11.1 Å². The van der Waals surface area contributed by atoms with Crippen LogP contribution in [0.4, 0.5) is 5.69 Å². The summed E-state index contributed by atoms with van der Waals surface area (Å²) in [6.45, 7) is 2.03. The maximum absolute atomic E-state index is 12.4. The molecule has 18 heavy (non-hydrogen) atoms. The molecular weight excluding hydrogens is 246 g/mol. The quantitative estimate of drug-likeness (QED) is 0.674. The van der Waals surface area contributed by atoms with Crippen LogP contribution in [0.5, 0.6) is 0 Å². The third kappa shape index (κ3) is 2.39. The van der Waals surface area contributed by atoms with Gasteiger partial charge in [-0.3, -0.25) is 4.79 Å². The second kappa shape index (κ2) is 5.23. The summed E-state index contributed by atoms with van der Waals surface area (Å²) in [5.41, 5.74) is 8.45. The van der Waals surface area contributed by atoms with Crippen LogP contribution in [0.2, 0.25) is 5.02 Å². The first-order valence-corrected chi connectivity index (χ1v) is 6.19. The van der Waals surface area contributed by atoms with Crippen LogP contribution in [0.15, 0.2) is 42.5 Å². The summed E-state index contributed by atoms with van der Waals surface area (Å²) in [6.07, 6.45) is 0.824. The molecule has 0 amide bonds. The Morgan fingerprint density at radius 3 is 2.61 bits per heavy atom. The van der Waals surface area contributed by atoms with Gasteiger partial charge in [0.05, 0.1) is 10.7 Å². The molecular formula is C15H14ClNO. The zero-order chi connectivity index (χ0) is 13.1. The van der Waals surface area contributed by atoms with Crippen LogP contribution in [0.25, 0.3) is 0 Å². The highest BCUT2D eigenvalue weighted by molar-refractivity contribution is 6.33. The average molecular weight is 260 g/mol. The van der Waals surface area contributed by atoms with Gasteiger partial charge >= 0.3 is 0 Å². The number of benzene rings is 2. The highest BCUT2D eigenvalue weighted by atomic mass is 35.5. The molecule has 0 radical (unpaired) electrons. The molecule has 0 aliphatic rings. The van der Waals surface area contributed by atoms with E-state index in [0.29, 0.717) is 16.3 Å². The summed E-state index contributed by atoms with van der Waals surface area (Å²) < 4.78 is 0. The Hall–Kier alpha value is -1.80. The van der Waals surface area contributed by atoms with Crippen LogP contribution in [-0.2, 0) is 6.42 Å². The smallest absolute Gasteiger partial charge is 0.193 e. The van der Waals surface area contributed by atoms with Crippen molar-refractivity contribution in [2.24, 2.45) is 0 Å².